The van der Waals surface area contributed by atoms with E-state index in [4.69, 9.17) is 9.47 Å². The number of H-pyrrole nitrogens is 1. The minimum Gasteiger partial charge on any atom is -0.481 e. The van der Waals surface area contributed by atoms with E-state index in [0.717, 1.165) is 34.9 Å². The van der Waals surface area contributed by atoms with E-state index in [0.29, 0.717) is 37.3 Å². The number of likely N-dealkylation sites (tertiary alicyclic amines) is 1. The lowest BCUT2D eigenvalue weighted by atomic mass is 9.94. The molecule has 35 heavy (non-hydrogen) atoms. The van der Waals surface area contributed by atoms with Gasteiger partial charge in [-0.1, -0.05) is 24.3 Å². The highest BCUT2D eigenvalue weighted by Gasteiger charge is 2.29. The number of carbonyl (C=O) groups excluding carboxylic acids is 2. The molecule has 1 saturated heterocycles. The molecule has 0 radical (unpaired) electrons. The van der Waals surface area contributed by atoms with Crippen LogP contribution in [0.2, 0.25) is 0 Å². The van der Waals surface area contributed by atoms with Crippen LogP contribution >= 0.6 is 0 Å². The first-order valence-corrected chi connectivity index (χ1v) is 12.2. The Kier molecular flexibility index (Phi) is 7.54. The van der Waals surface area contributed by atoms with Gasteiger partial charge in [0.15, 0.2) is 6.10 Å². The molecule has 184 valence electrons. The highest BCUT2D eigenvalue weighted by molar-refractivity contribution is 5.97. The SMILES string of the molecule is CCOC(=O)CC1CCCN(C(=O)[C@@H](C)Oc2ccc3c(-c4ccccc4C)c[nH]c(=O)c3c2)C1. The van der Waals surface area contributed by atoms with Crippen LogP contribution in [-0.2, 0) is 14.3 Å². The quantitative estimate of drug-likeness (QED) is 0.509. The topological polar surface area (TPSA) is 88.7 Å². The number of esters is 1. The number of piperidine rings is 1. The first-order valence-electron chi connectivity index (χ1n) is 12.2. The van der Waals surface area contributed by atoms with E-state index in [1.807, 2.05) is 37.3 Å². The van der Waals surface area contributed by atoms with E-state index in [1.54, 1.807) is 37.1 Å². The Morgan fingerprint density at radius 3 is 2.71 bits per heavy atom. The second-order valence-electron chi connectivity index (χ2n) is 9.12. The number of aryl methyl sites for hydroxylation is 1. The molecule has 1 unspecified atom stereocenters. The number of pyridine rings is 1. The summed E-state index contributed by atoms with van der Waals surface area (Å²) in [6, 6.07) is 13.4. The number of nitrogens with one attached hydrogen (secondary N) is 1. The molecule has 0 aliphatic carbocycles. The van der Waals surface area contributed by atoms with Gasteiger partial charge in [-0.25, -0.2) is 0 Å². The van der Waals surface area contributed by atoms with Gasteiger partial charge in [-0.3, -0.25) is 14.4 Å². The number of aromatic amines is 1. The molecule has 0 bridgehead atoms. The zero-order chi connectivity index (χ0) is 24.9. The van der Waals surface area contributed by atoms with Gasteiger partial charge in [0.1, 0.15) is 5.75 Å². The highest BCUT2D eigenvalue weighted by atomic mass is 16.5. The van der Waals surface area contributed by atoms with Crippen LogP contribution in [0.1, 0.15) is 38.7 Å². The molecule has 1 aliphatic rings. The van der Waals surface area contributed by atoms with Crippen LogP contribution in [0.4, 0.5) is 0 Å². The van der Waals surface area contributed by atoms with Crippen LogP contribution in [0.25, 0.3) is 21.9 Å². The number of ether oxygens (including phenoxy) is 2. The Balaban J connectivity index is 1.50. The van der Waals surface area contributed by atoms with Crippen LogP contribution in [0.15, 0.2) is 53.5 Å². The Bertz CT molecular complexity index is 1280. The summed E-state index contributed by atoms with van der Waals surface area (Å²) in [6.45, 7) is 7.06. The number of amides is 1. The van der Waals surface area contributed by atoms with Gasteiger partial charge < -0.3 is 19.4 Å². The molecule has 3 aromatic rings. The fourth-order valence-corrected chi connectivity index (χ4v) is 4.81. The van der Waals surface area contributed by atoms with Crippen LogP contribution in [0.3, 0.4) is 0 Å². The summed E-state index contributed by atoms with van der Waals surface area (Å²) in [5.41, 5.74) is 2.89. The van der Waals surface area contributed by atoms with E-state index in [1.165, 1.54) is 0 Å². The minimum atomic E-state index is -0.715. The number of benzene rings is 2. The van der Waals surface area contributed by atoms with Crippen molar-refractivity contribution in [3.05, 3.63) is 64.6 Å². The first kappa shape index (κ1) is 24.5. The molecular formula is C28H32N2O5. The summed E-state index contributed by atoms with van der Waals surface area (Å²) in [6.07, 6.45) is 3.09. The van der Waals surface area contributed by atoms with Crippen molar-refractivity contribution < 1.29 is 19.1 Å². The molecule has 1 aromatic heterocycles. The number of fused-ring (bicyclic) bond motifs is 1. The summed E-state index contributed by atoms with van der Waals surface area (Å²) in [7, 11) is 0. The van der Waals surface area contributed by atoms with Crippen molar-refractivity contribution in [2.75, 3.05) is 19.7 Å². The van der Waals surface area contributed by atoms with Crippen molar-refractivity contribution in [1.29, 1.82) is 0 Å². The third-order valence-corrected chi connectivity index (χ3v) is 6.56. The van der Waals surface area contributed by atoms with Gasteiger partial charge in [0.05, 0.1) is 18.4 Å². The number of hydrogen-bond acceptors (Lipinski definition) is 5. The summed E-state index contributed by atoms with van der Waals surface area (Å²) < 4.78 is 11.0. The van der Waals surface area contributed by atoms with Crippen LogP contribution < -0.4 is 10.3 Å². The van der Waals surface area contributed by atoms with Crippen LogP contribution in [0, 0.1) is 12.8 Å². The minimum absolute atomic E-state index is 0.0954. The third-order valence-electron chi connectivity index (χ3n) is 6.56. The Hall–Kier alpha value is -3.61. The maximum atomic E-state index is 13.1. The summed E-state index contributed by atoms with van der Waals surface area (Å²) in [5.74, 6) is 0.215. The van der Waals surface area contributed by atoms with Gasteiger partial charge in [0.2, 0.25) is 0 Å². The van der Waals surface area contributed by atoms with Crippen molar-refractivity contribution in [3.63, 3.8) is 0 Å². The van der Waals surface area contributed by atoms with Crippen LogP contribution in [-0.4, -0.2) is 47.6 Å². The molecule has 1 fully saturated rings. The Morgan fingerprint density at radius 2 is 1.94 bits per heavy atom. The summed E-state index contributed by atoms with van der Waals surface area (Å²) >= 11 is 0. The van der Waals surface area contributed by atoms with Crippen molar-refractivity contribution in [2.45, 2.75) is 46.1 Å². The van der Waals surface area contributed by atoms with Crippen molar-refractivity contribution in [1.82, 2.24) is 9.88 Å². The lowest BCUT2D eigenvalue weighted by Crippen LogP contribution is -2.46. The predicted octanol–water partition coefficient (Wildman–Crippen LogP) is 4.46. The Labute approximate surface area is 205 Å². The van der Waals surface area contributed by atoms with Gasteiger partial charge in [0, 0.05) is 24.8 Å². The predicted molar refractivity (Wildman–Crippen MR) is 135 cm³/mol. The van der Waals surface area contributed by atoms with Gasteiger partial charge >= 0.3 is 5.97 Å². The second kappa shape index (κ2) is 10.8. The normalized spacial score (nSPS) is 16.7. The standard InChI is InChI=1S/C28H32N2O5/c1-4-34-26(31)14-20-9-7-13-30(17-20)28(33)19(3)35-21-11-12-23-24(15-21)27(32)29-16-25(23)22-10-6-5-8-18(22)2/h5-6,8,10-12,15-16,19-20H,4,7,9,13-14,17H2,1-3H3,(H,29,32)/t19-,20?/m1/s1. The molecule has 0 spiro atoms. The molecule has 2 atom stereocenters. The molecule has 1 N–H and O–H groups in total. The maximum absolute atomic E-state index is 13.1. The number of carbonyl (C=O) groups is 2. The lowest BCUT2D eigenvalue weighted by molar-refractivity contribution is -0.147. The van der Waals surface area contributed by atoms with E-state index in [2.05, 4.69) is 4.98 Å². The van der Waals surface area contributed by atoms with Crippen LogP contribution in [0.5, 0.6) is 5.75 Å². The lowest BCUT2D eigenvalue weighted by Gasteiger charge is -2.34. The van der Waals surface area contributed by atoms with E-state index in [9.17, 15) is 14.4 Å². The Morgan fingerprint density at radius 1 is 1.14 bits per heavy atom. The molecule has 2 heterocycles. The summed E-state index contributed by atoms with van der Waals surface area (Å²) in [5, 5.41) is 1.34. The molecule has 2 aromatic carbocycles. The molecule has 7 nitrogen and oxygen atoms in total. The van der Waals surface area contributed by atoms with Crippen molar-refractivity contribution >= 4 is 22.6 Å². The second-order valence-corrected chi connectivity index (χ2v) is 9.12. The zero-order valence-corrected chi connectivity index (χ0v) is 20.5. The van der Waals surface area contributed by atoms with Crippen molar-refractivity contribution in [3.8, 4) is 16.9 Å². The van der Waals surface area contributed by atoms with E-state index < -0.39 is 6.10 Å². The van der Waals surface area contributed by atoms with Gasteiger partial charge in [-0.15, -0.1) is 0 Å². The molecule has 0 saturated carbocycles. The van der Waals surface area contributed by atoms with Gasteiger partial charge in [0.25, 0.3) is 11.5 Å². The average molecular weight is 477 g/mol. The van der Waals surface area contributed by atoms with E-state index >= 15 is 0 Å². The van der Waals surface area contributed by atoms with Gasteiger partial charge in [-0.05, 0) is 74.2 Å². The molecule has 1 amide bonds. The molecule has 4 rings (SSSR count). The third kappa shape index (κ3) is 5.56. The number of aromatic nitrogens is 1. The summed E-state index contributed by atoms with van der Waals surface area (Å²) in [4.78, 5) is 42.1. The number of nitrogens with zero attached hydrogens (tertiary/aromatic N) is 1. The fourth-order valence-electron chi connectivity index (χ4n) is 4.81. The molecular weight excluding hydrogens is 444 g/mol. The smallest absolute Gasteiger partial charge is 0.306 e. The van der Waals surface area contributed by atoms with Gasteiger partial charge in [-0.2, -0.15) is 0 Å². The highest BCUT2D eigenvalue weighted by Crippen LogP contribution is 2.31. The zero-order valence-electron chi connectivity index (χ0n) is 20.5. The molecule has 7 heteroatoms. The average Bonchev–Trinajstić information content (AvgIpc) is 2.85. The largest absolute Gasteiger partial charge is 0.481 e. The monoisotopic (exact) mass is 476 g/mol. The van der Waals surface area contributed by atoms with E-state index in [-0.39, 0.29) is 23.4 Å². The molecule has 1 aliphatic heterocycles. The van der Waals surface area contributed by atoms with Crippen molar-refractivity contribution in [2.24, 2.45) is 5.92 Å². The fraction of sp³-hybridized carbons (Fsp3) is 0.393. The first-order chi connectivity index (χ1) is 16.9. The maximum Gasteiger partial charge on any atom is 0.306 e. The number of rotatable bonds is 7. The number of hydrogen-bond donors (Lipinski definition) is 1.